The van der Waals surface area contributed by atoms with Crippen molar-refractivity contribution in [2.75, 3.05) is 19.8 Å². The number of rotatable bonds is 8. The van der Waals surface area contributed by atoms with Gasteiger partial charge in [-0.25, -0.2) is 23.1 Å². The third-order valence-corrected chi connectivity index (χ3v) is 6.08. The van der Waals surface area contributed by atoms with E-state index in [-0.39, 0.29) is 41.5 Å². The summed E-state index contributed by atoms with van der Waals surface area (Å²) in [7, 11) is 0. The van der Waals surface area contributed by atoms with Crippen LogP contribution in [-0.4, -0.2) is 55.1 Å². The summed E-state index contributed by atoms with van der Waals surface area (Å²) >= 11 is 0. The van der Waals surface area contributed by atoms with Crippen LogP contribution in [0.3, 0.4) is 0 Å². The number of nitrogens with two attached hydrogens (primary N) is 1. The lowest BCUT2D eigenvalue weighted by Crippen LogP contribution is -2.47. The highest BCUT2D eigenvalue weighted by atomic mass is 19.3. The number of hydrogen-bond acceptors (Lipinski definition) is 7. The van der Waals surface area contributed by atoms with Crippen LogP contribution in [0.1, 0.15) is 28.5 Å². The van der Waals surface area contributed by atoms with Gasteiger partial charge in [0.25, 0.3) is 6.02 Å². The zero-order valence-corrected chi connectivity index (χ0v) is 18.5. The van der Waals surface area contributed by atoms with Gasteiger partial charge in [-0.05, 0) is 36.8 Å². The van der Waals surface area contributed by atoms with Gasteiger partial charge in [-0.2, -0.15) is 8.78 Å². The molecule has 1 aromatic carbocycles. The molecule has 0 spiro atoms. The maximum atomic E-state index is 14.9. The highest BCUT2D eigenvalue weighted by molar-refractivity contribution is 5.95. The van der Waals surface area contributed by atoms with Gasteiger partial charge in [-0.15, -0.1) is 0 Å². The van der Waals surface area contributed by atoms with Crippen molar-refractivity contribution in [3.63, 3.8) is 0 Å². The third-order valence-electron chi connectivity index (χ3n) is 6.08. The molecule has 2 N–H and O–H groups in total. The van der Waals surface area contributed by atoms with Crippen LogP contribution in [-0.2, 0) is 21.4 Å². The SMILES string of the molecule is C[C@]1(c2cc(CC(=O)c3ccc(OCC(F)(F)C(F)F)cn3)ccc2F)N=C(N)O[C@@H]2COC[C@@H]21. The summed E-state index contributed by atoms with van der Waals surface area (Å²) in [5.41, 5.74) is 5.48. The Morgan fingerprint density at radius 2 is 2.06 bits per heavy atom. The van der Waals surface area contributed by atoms with E-state index in [1.165, 1.54) is 30.3 Å². The Morgan fingerprint density at radius 1 is 1.29 bits per heavy atom. The molecule has 2 aliphatic rings. The molecule has 0 unspecified atom stereocenters. The number of nitrogens with zero attached hydrogens (tertiary/aromatic N) is 2. The molecule has 2 aromatic rings. The quantitative estimate of drug-likeness (QED) is 0.441. The minimum atomic E-state index is -4.31. The lowest BCUT2D eigenvalue weighted by atomic mass is 9.77. The van der Waals surface area contributed by atoms with Crippen molar-refractivity contribution < 1.29 is 41.0 Å². The third kappa shape index (κ3) is 5.07. The number of fused-ring (bicyclic) bond motifs is 1. The standard InChI is InChI=1S/C23H22F5N3O4/c1-22(15-9-33-10-19(15)35-21(29)31-22)14-6-12(2-4-16(14)24)7-18(32)17-5-3-13(8-30-17)34-11-23(27,28)20(25)26/h2-6,8,15,19-20H,7,9-11H2,1H3,(H2,29,31)/t15-,19+,22+/m0/s1. The monoisotopic (exact) mass is 499 g/mol. The fourth-order valence-corrected chi connectivity index (χ4v) is 4.15. The van der Waals surface area contributed by atoms with Crippen molar-refractivity contribution in [2.45, 2.75) is 37.3 Å². The average molecular weight is 499 g/mol. The smallest absolute Gasteiger partial charge is 0.340 e. The number of aliphatic imine (C=N–C) groups is 1. The Labute approximate surface area is 197 Å². The van der Waals surface area contributed by atoms with Crippen molar-refractivity contribution >= 4 is 11.8 Å². The number of aromatic nitrogens is 1. The van der Waals surface area contributed by atoms with Crippen molar-refractivity contribution in [3.05, 3.63) is 59.2 Å². The van der Waals surface area contributed by atoms with Gasteiger partial charge >= 0.3 is 12.3 Å². The summed E-state index contributed by atoms with van der Waals surface area (Å²) in [5, 5.41) is 0. The molecular formula is C23H22F5N3O4. The van der Waals surface area contributed by atoms with Crippen molar-refractivity contribution in [3.8, 4) is 5.75 Å². The number of ketones is 1. The maximum Gasteiger partial charge on any atom is 0.340 e. The zero-order valence-electron chi connectivity index (χ0n) is 18.5. The molecule has 35 heavy (non-hydrogen) atoms. The molecule has 0 saturated carbocycles. The van der Waals surface area contributed by atoms with Crippen molar-refractivity contribution in [2.24, 2.45) is 16.6 Å². The topological polar surface area (TPSA) is 96.0 Å². The number of Topliss-reactive ketones (excluding diaryl/α,β-unsaturated/α-hetero) is 1. The van der Waals surface area contributed by atoms with E-state index >= 15 is 0 Å². The molecule has 1 fully saturated rings. The Balaban J connectivity index is 1.49. The average Bonchev–Trinajstić information content (AvgIpc) is 3.28. The lowest BCUT2D eigenvalue weighted by Gasteiger charge is -2.38. The number of amidine groups is 1. The van der Waals surface area contributed by atoms with Crippen LogP contribution in [0, 0.1) is 11.7 Å². The lowest BCUT2D eigenvalue weighted by molar-refractivity contribution is -0.148. The molecule has 188 valence electrons. The second kappa shape index (κ2) is 9.40. The van der Waals surface area contributed by atoms with E-state index in [0.29, 0.717) is 18.8 Å². The molecule has 3 atom stereocenters. The van der Waals surface area contributed by atoms with E-state index in [4.69, 9.17) is 15.2 Å². The fraction of sp³-hybridized carbons (Fsp3) is 0.435. The van der Waals surface area contributed by atoms with Gasteiger partial charge in [-0.1, -0.05) is 6.07 Å². The predicted octanol–water partition coefficient (Wildman–Crippen LogP) is 3.50. The highest BCUT2D eigenvalue weighted by Crippen LogP contribution is 2.43. The zero-order chi connectivity index (χ0) is 25.4. The second-order valence-electron chi connectivity index (χ2n) is 8.54. The van der Waals surface area contributed by atoms with Gasteiger partial charge in [-0.3, -0.25) is 4.79 Å². The maximum absolute atomic E-state index is 14.9. The first-order valence-corrected chi connectivity index (χ1v) is 10.7. The van der Waals surface area contributed by atoms with Crippen LogP contribution in [0.2, 0.25) is 0 Å². The molecule has 0 radical (unpaired) electrons. The van der Waals surface area contributed by atoms with Crippen LogP contribution in [0.25, 0.3) is 0 Å². The predicted molar refractivity (Wildman–Crippen MR) is 113 cm³/mol. The largest absolute Gasteiger partial charge is 0.485 e. The Hall–Kier alpha value is -3.28. The molecule has 3 heterocycles. The Kier molecular flexibility index (Phi) is 6.67. The number of alkyl halides is 4. The second-order valence-corrected chi connectivity index (χ2v) is 8.54. The van der Waals surface area contributed by atoms with Crippen LogP contribution < -0.4 is 10.5 Å². The van der Waals surface area contributed by atoms with Gasteiger partial charge in [0.05, 0.1) is 30.9 Å². The molecule has 12 heteroatoms. The number of carbonyl (C=O) groups excluding carboxylic acids is 1. The molecular weight excluding hydrogens is 477 g/mol. The van der Waals surface area contributed by atoms with Crippen LogP contribution in [0.15, 0.2) is 41.5 Å². The summed E-state index contributed by atoms with van der Waals surface area (Å²) in [6.45, 7) is 0.821. The molecule has 2 aliphatic heterocycles. The van der Waals surface area contributed by atoms with Crippen molar-refractivity contribution in [1.82, 2.24) is 4.98 Å². The van der Waals surface area contributed by atoms with E-state index in [2.05, 4.69) is 14.7 Å². The minimum Gasteiger partial charge on any atom is -0.485 e. The van der Waals surface area contributed by atoms with Gasteiger partial charge < -0.3 is 19.9 Å². The van der Waals surface area contributed by atoms with Crippen LogP contribution in [0.5, 0.6) is 5.75 Å². The number of hydrogen-bond donors (Lipinski definition) is 1. The Bertz CT molecular complexity index is 1130. The first kappa shape index (κ1) is 24.8. The Morgan fingerprint density at radius 3 is 2.74 bits per heavy atom. The van der Waals surface area contributed by atoms with E-state index in [1.54, 1.807) is 6.92 Å². The first-order chi connectivity index (χ1) is 16.5. The highest BCUT2D eigenvalue weighted by Gasteiger charge is 2.50. The summed E-state index contributed by atoms with van der Waals surface area (Å²) in [5.74, 6) is -5.73. The van der Waals surface area contributed by atoms with Crippen molar-refractivity contribution in [1.29, 1.82) is 0 Å². The van der Waals surface area contributed by atoms with Crippen LogP contribution >= 0.6 is 0 Å². The number of benzene rings is 1. The fourth-order valence-electron chi connectivity index (χ4n) is 4.15. The molecule has 1 saturated heterocycles. The van der Waals surface area contributed by atoms with E-state index in [9.17, 15) is 26.7 Å². The van der Waals surface area contributed by atoms with Gasteiger partial charge in [0.1, 0.15) is 23.4 Å². The van der Waals surface area contributed by atoms with E-state index < -0.39 is 36.1 Å². The van der Waals surface area contributed by atoms with E-state index in [0.717, 1.165) is 6.20 Å². The molecule has 0 bridgehead atoms. The summed E-state index contributed by atoms with van der Waals surface area (Å²) in [6.07, 6.45) is -3.38. The molecule has 0 aliphatic carbocycles. The number of ether oxygens (including phenoxy) is 3. The summed E-state index contributed by atoms with van der Waals surface area (Å²) in [6, 6.07) is 6.57. The molecule has 7 nitrogen and oxygen atoms in total. The van der Waals surface area contributed by atoms with Gasteiger partial charge in [0.15, 0.2) is 12.4 Å². The summed E-state index contributed by atoms with van der Waals surface area (Å²) < 4.78 is 81.0. The first-order valence-electron chi connectivity index (χ1n) is 10.7. The molecule has 1 aromatic heterocycles. The van der Waals surface area contributed by atoms with Crippen LogP contribution in [0.4, 0.5) is 22.0 Å². The minimum absolute atomic E-state index is 0.00681. The summed E-state index contributed by atoms with van der Waals surface area (Å²) in [4.78, 5) is 20.9. The molecule has 0 amide bonds. The molecule has 4 rings (SSSR count). The number of halogens is 5. The van der Waals surface area contributed by atoms with Gasteiger partial charge in [0.2, 0.25) is 0 Å². The van der Waals surface area contributed by atoms with Gasteiger partial charge in [0, 0.05) is 12.0 Å². The number of carbonyl (C=O) groups is 1. The number of pyridine rings is 1. The van der Waals surface area contributed by atoms with E-state index in [1.807, 2.05) is 0 Å². The normalized spacial score (nSPS) is 24.0.